The topological polar surface area (TPSA) is 46.5 Å². The van der Waals surface area contributed by atoms with E-state index in [-0.39, 0.29) is 17.1 Å². The predicted molar refractivity (Wildman–Crippen MR) is 104 cm³/mol. The number of ether oxygens (including phenoxy) is 1. The molecule has 0 saturated heterocycles. The first-order valence-electron chi connectivity index (χ1n) is 8.52. The van der Waals surface area contributed by atoms with Gasteiger partial charge in [-0.05, 0) is 44.4 Å². The Labute approximate surface area is 151 Å². The number of benzene rings is 1. The zero-order chi connectivity index (χ0) is 18.7. The summed E-state index contributed by atoms with van der Waals surface area (Å²) in [5.41, 5.74) is 1.94. The van der Waals surface area contributed by atoms with Gasteiger partial charge in [0.25, 0.3) is 0 Å². The highest BCUT2D eigenvalue weighted by atomic mass is 16.5. The smallest absolute Gasteiger partial charge is 0.330 e. The minimum absolute atomic E-state index is 0.125. The van der Waals surface area contributed by atoms with E-state index in [4.69, 9.17) is 4.74 Å². The third kappa shape index (κ3) is 8.20. The molecule has 0 spiro atoms. The summed E-state index contributed by atoms with van der Waals surface area (Å²) in [6.45, 7) is 10.2. The number of esters is 1. The normalized spacial score (nSPS) is 14.6. The van der Waals surface area contributed by atoms with Crippen molar-refractivity contribution in [1.29, 1.82) is 0 Å². The van der Waals surface area contributed by atoms with Gasteiger partial charge in [0, 0.05) is 11.5 Å². The lowest BCUT2D eigenvalue weighted by atomic mass is 9.84. The Balaban J connectivity index is 2.61. The van der Waals surface area contributed by atoms with Crippen molar-refractivity contribution in [3.05, 3.63) is 72.4 Å². The van der Waals surface area contributed by atoms with Crippen LogP contribution in [0.1, 0.15) is 39.2 Å². The molecule has 1 rings (SSSR count). The first kappa shape index (κ1) is 20.5. The van der Waals surface area contributed by atoms with Crippen molar-refractivity contribution in [3.8, 4) is 5.75 Å². The zero-order valence-corrected chi connectivity index (χ0v) is 15.4. The molecule has 3 heteroatoms. The van der Waals surface area contributed by atoms with Gasteiger partial charge in [-0.3, -0.25) is 0 Å². The summed E-state index contributed by atoms with van der Waals surface area (Å²) in [6.07, 6.45) is 13.2. The number of phenols is 1. The molecule has 3 nitrogen and oxygen atoms in total. The molecule has 0 bridgehead atoms. The average Bonchev–Trinajstić information content (AvgIpc) is 2.60. The van der Waals surface area contributed by atoms with Crippen molar-refractivity contribution in [2.24, 2.45) is 5.41 Å². The van der Waals surface area contributed by atoms with Gasteiger partial charge in [-0.2, -0.15) is 0 Å². The maximum absolute atomic E-state index is 11.3. The first-order chi connectivity index (χ1) is 11.9. The molecular formula is C22H28O3. The van der Waals surface area contributed by atoms with Gasteiger partial charge in [-0.1, -0.05) is 55.0 Å². The third-order valence-electron chi connectivity index (χ3n) is 3.93. The van der Waals surface area contributed by atoms with Gasteiger partial charge >= 0.3 is 5.97 Å². The van der Waals surface area contributed by atoms with Gasteiger partial charge < -0.3 is 9.84 Å². The molecule has 0 aliphatic carbocycles. The third-order valence-corrected chi connectivity index (χ3v) is 3.93. The van der Waals surface area contributed by atoms with E-state index in [2.05, 4.69) is 25.7 Å². The zero-order valence-electron chi connectivity index (χ0n) is 15.4. The number of aromatic hydroxyl groups is 1. The molecule has 0 fully saturated rings. The highest BCUT2D eigenvalue weighted by Crippen LogP contribution is 2.28. The van der Waals surface area contributed by atoms with Crippen molar-refractivity contribution in [3.63, 3.8) is 0 Å². The summed E-state index contributed by atoms with van der Waals surface area (Å²) in [7, 11) is 0. The van der Waals surface area contributed by atoms with Crippen LogP contribution in [0.5, 0.6) is 5.75 Å². The van der Waals surface area contributed by atoms with Crippen molar-refractivity contribution >= 4 is 12.0 Å². The van der Waals surface area contributed by atoms with Crippen LogP contribution in [0.25, 0.3) is 6.08 Å². The molecule has 0 radical (unpaired) electrons. The van der Waals surface area contributed by atoms with E-state index in [0.717, 1.165) is 24.0 Å². The van der Waals surface area contributed by atoms with Crippen LogP contribution >= 0.6 is 0 Å². The fourth-order valence-electron chi connectivity index (χ4n) is 2.19. The number of phenolic OH excluding ortho intramolecular Hbond substituents is 1. The monoisotopic (exact) mass is 340 g/mol. The van der Waals surface area contributed by atoms with Crippen LogP contribution in [0.15, 0.2) is 66.8 Å². The lowest BCUT2D eigenvalue weighted by Crippen LogP contribution is -2.08. The lowest BCUT2D eigenvalue weighted by molar-refractivity contribution is -0.137. The molecule has 0 saturated carbocycles. The summed E-state index contributed by atoms with van der Waals surface area (Å²) in [5.74, 6) is -0.0527. The second kappa shape index (κ2) is 10.3. The average molecular weight is 340 g/mol. The van der Waals surface area contributed by atoms with E-state index in [1.165, 1.54) is 6.08 Å². The van der Waals surface area contributed by atoms with E-state index in [9.17, 15) is 9.90 Å². The number of hydrogen-bond acceptors (Lipinski definition) is 3. The fraction of sp³-hybridized carbons (Fsp3) is 0.318. The highest BCUT2D eigenvalue weighted by molar-refractivity contribution is 5.82. The highest BCUT2D eigenvalue weighted by Gasteiger charge is 2.15. The Morgan fingerprint density at radius 2 is 1.96 bits per heavy atom. The molecule has 1 aromatic rings. The standard InChI is InChI=1S/C22H28O3/c1-5-22(4,17-15-19-10-12-20(23)13-11-19)16-7-8-18(3)9-14-21(24)25-6-2/h5,8-15,17,23H,1,6-7,16H2,2-4H3/b14-9+,17-15+,18-8+/t22-/m1/s1. The van der Waals surface area contributed by atoms with Crippen LogP contribution in [0.2, 0.25) is 0 Å². The largest absolute Gasteiger partial charge is 0.508 e. The first-order valence-corrected chi connectivity index (χ1v) is 8.52. The van der Waals surface area contributed by atoms with E-state index >= 15 is 0 Å². The molecule has 0 aliphatic heterocycles. The van der Waals surface area contributed by atoms with Gasteiger partial charge in [-0.25, -0.2) is 4.79 Å². The molecule has 134 valence electrons. The van der Waals surface area contributed by atoms with E-state index in [0.29, 0.717) is 6.61 Å². The van der Waals surface area contributed by atoms with Gasteiger partial charge in [0.15, 0.2) is 0 Å². The Hall–Kier alpha value is -2.55. The second-order valence-corrected chi connectivity index (χ2v) is 6.21. The minimum Gasteiger partial charge on any atom is -0.508 e. The molecule has 1 atom stereocenters. The maximum atomic E-state index is 11.3. The van der Waals surface area contributed by atoms with Crippen LogP contribution < -0.4 is 0 Å². The molecule has 0 aliphatic rings. The van der Waals surface area contributed by atoms with Gasteiger partial charge in [-0.15, -0.1) is 6.58 Å². The Morgan fingerprint density at radius 3 is 2.56 bits per heavy atom. The molecule has 25 heavy (non-hydrogen) atoms. The Bertz CT molecular complexity index is 650. The number of hydrogen-bond donors (Lipinski definition) is 1. The van der Waals surface area contributed by atoms with Gasteiger partial charge in [0.1, 0.15) is 5.75 Å². The van der Waals surface area contributed by atoms with Crippen LogP contribution in [-0.2, 0) is 9.53 Å². The Morgan fingerprint density at radius 1 is 1.28 bits per heavy atom. The number of allylic oxidation sites excluding steroid dienone is 5. The molecule has 1 N–H and O–H groups in total. The van der Waals surface area contributed by atoms with Crippen molar-refractivity contribution in [2.45, 2.75) is 33.6 Å². The Kier molecular flexibility index (Phi) is 8.48. The molecule has 0 amide bonds. The summed E-state index contributed by atoms with van der Waals surface area (Å²) in [5, 5.41) is 9.33. The van der Waals surface area contributed by atoms with Crippen LogP contribution in [0, 0.1) is 5.41 Å². The predicted octanol–water partition coefficient (Wildman–Crippen LogP) is 5.44. The summed E-state index contributed by atoms with van der Waals surface area (Å²) in [6, 6.07) is 7.10. The number of carbonyl (C=O) groups excluding carboxylic acids is 1. The van der Waals surface area contributed by atoms with E-state index in [1.807, 2.05) is 31.2 Å². The van der Waals surface area contributed by atoms with E-state index in [1.54, 1.807) is 25.1 Å². The summed E-state index contributed by atoms with van der Waals surface area (Å²) < 4.78 is 4.86. The number of rotatable bonds is 9. The molecule has 1 aromatic carbocycles. The fourth-order valence-corrected chi connectivity index (χ4v) is 2.19. The number of carbonyl (C=O) groups is 1. The molecular weight excluding hydrogens is 312 g/mol. The van der Waals surface area contributed by atoms with Crippen molar-refractivity contribution in [1.82, 2.24) is 0 Å². The van der Waals surface area contributed by atoms with Crippen LogP contribution in [0.4, 0.5) is 0 Å². The van der Waals surface area contributed by atoms with Gasteiger partial charge in [0.2, 0.25) is 0 Å². The van der Waals surface area contributed by atoms with Crippen LogP contribution in [0.3, 0.4) is 0 Å². The molecule has 0 aromatic heterocycles. The van der Waals surface area contributed by atoms with E-state index < -0.39 is 0 Å². The van der Waals surface area contributed by atoms with Crippen molar-refractivity contribution in [2.75, 3.05) is 6.61 Å². The summed E-state index contributed by atoms with van der Waals surface area (Å²) >= 11 is 0. The maximum Gasteiger partial charge on any atom is 0.330 e. The van der Waals surface area contributed by atoms with Crippen LogP contribution in [-0.4, -0.2) is 17.7 Å². The lowest BCUT2D eigenvalue weighted by Gasteiger charge is -2.20. The SMILES string of the molecule is C=C[C@@](C)(/C=C/c1ccc(O)cc1)CC/C=C(C)/C=C/C(=O)OCC. The van der Waals surface area contributed by atoms with Crippen molar-refractivity contribution < 1.29 is 14.6 Å². The molecule has 0 heterocycles. The second-order valence-electron chi connectivity index (χ2n) is 6.21. The minimum atomic E-state index is -0.317. The molecule has 0 unspecified atom stereocenters. The summed E-state index contributed by atoms with van der Waals surface area (Å²) in [4.78, 5) is 11.3. The van der Waals surface area contributed by atoms with Gasteiger partial charge in [0.05, 0.1) is 6.61 Å². The quantitative estimate of drug-likeness (QED) is 0.282.